The number of rotatable bonds is 5. The molecule has 0 saturated carbocycles. The Morgan fingerprint density at radius 3 is 2.29 bits per heavy atom. The van der Waals surface area contributed by atoms with E-state index >= 15 is 0 Å². The van der Waals surface area contributed by atoms with E-state index in [2.05, 4.69) is 5.32 Å². The van der Waals surface area contributed by atoms with E-state index < -0.39 is 9.84 Å². The molecule has 6 nitrogen and oxygen atoms in total. The Bertz CT molecular complexity index is 727. The van der Waals surface area contributed by atoms with Crippen molar-refractivity contribution in [1.82, 2.24) is 10.2 Å². The molecule has 0 aromatic heterocycles. The number of nitrogens with zero attached hydrogens (tertiary/aromatic N) is 1. The van der Waals surface area contributed by atoms with Crippen LogP contribution >= 0.6 is 0 Å². The van der Waals surface area contributed by atoms with Crippen LogP contribution in [-0.2, 0) is 19.4 Å². The van der Waals surface area contributed by atoms with E-state index in [4.69, 9.17) is 0 Å². The molecule has 1 aliphatic heterocycles. The van der Waals surface area contributed by atoms with Crippen LogP contribution in [0.1, 0.15) is 31.9 Å². The fourth-order valence-electron chi connectivity index (χ4n) is 2.89. The summed E-state index contributed by atoms with van der Waals surface area (Å²) in [5, 5.41) is 3.11. The monoisotopic (exact) mass is 352 g/mol. The second-order valence-corrected chi connectivity index (χ2v) is 8.49. The first kappa shape index (κ1) is 18.6. The first-order valence-corrected chi connectivity index (χ1v) is 9.81. The molecule has 0 spiro atoms. The lowest BCUT2D eigenvalue weighted by atomic mass is 10.0. The summed E-state index contributed by atoms with van der Waals surface area (Å²) >= 11 is 0. The molecule has 1 saturated heterocycles. The zero-order valence-electron chi connectivity index (χ0n) is 14.4. The molecule has 1 amide bonds. The lowest BCUT2D eigenvalue weighted by Gasteiger charge is -2.28. The zero-order chi connectivity index (χ0) is 18.1. The van der Waals surface area contributed by atoms with E-state index in [9.17, 15) is 18.0 Å². The minimum absolute atomic E-state index is 0.0570. The summed E-state index contributed by atoms with van der Waals surface area (Å²) in [5.74, 6) is -0.0556. The van der Waals surface area contributed by atoms with Gasteiger partial charge in [0.15, 0.2) is 9.84 Å². The van der Waals surface area contributed by atoms with Gasteiger partial charge in [-0.3, -0.25) is 9.59 Å². The van der Waals surface area contributed by atoms with E-state index in [-0.39, 0.29) is 34.6 Å². The first-order valence-electron chi connectivity index (χ1n) is 7.91. The Labute approximate surface area is 143 Å². The third-order valence-corrected chi connectivity index (χ3v) is 5.85. The van der Waals surface area contributed by atoms with Crippen LogP contribution < -0.4 is 5.32 Å². The van der Waals surface area contributed by atoms with Crippen LogP contribution in [0.2, 0.25) is 0 Å². The van der Waals surface area contributed by atoms with Gasteiger partial charge in [-0.1, -0.05) is 12.1 Å². The second kappa shape index (κ2) is 7.03. The van der Waals surface area contributed by atoms with Crippen molar-refractivity contribution in [2.75, 3.05) is 19.8 Å². The Hall–Kier alpha value is -1.73. The quantitative estimate of drug-likeness (QED) is 0.860. The lowest BCUT2D eigenvalue weighted by Crippen LogP contribution is -2.42. The predicted molar refractivity (Wildman–Crippen MR) is 91.3 cm³/mol. The summed E-state index contributed by atoms with van der Waals surface area (Å²) in [5.41, 5.74) is 0.861. The number of carbonyl (C=O) groups is 2. The highest BCUT2D eigenvalue weighted by Gasteiger charge is 2.34. The minimum atomic E-state index is -3.23. The Balaban J connectivity index is 2.07. The molecule has 132 valence electrons. The van der Waals surface area contributed by atoms with Gasteiger partial charge in [-0.2, -0.15) is 0 Å². The van der Waals surface area contributed by atoms with Gasteiger partial charge in [-0.25, -0.2) is 8.42 Å². The van der Waals surface area contributed by atoms with Gasteiger partial charge in [0.2, 0.25) is 5.91 Å². The molecule has 1 fully saturated rings. The van der Waals surface area contributed by atoms with E-state index in [0.29, 0.717) is 13.0 Å². The molecular weight excluding hydrogens is 328 g/mol. The van der Waals surface area contributed by atoms with E-state index in [0.717, 1.165) is 11.8 Å². The average molecular weight is 352 g/mol. The SMILES string of the molecule is CC(=O)C1CNC(C(=O)N(C)C(C)c2ccc(S(C)(=O)=O)cc2)C1. The van der Waals surface area contributed by atoms with Crippen LogP contribution in [-0.4, -0.2) is 50.9 Å². The average Bonchev–Trinajstić information content (AvgIpc) is 3.02. The van der Waals surface area contributed by atoms with Crippen LogP contribution in [0.3, 0.4) is 0 Å². The molecule has 1 aromatic carbocycles. The molecular formula is C17H24N2O4S. The topological polar surface area (TPSA) is 83.6 Å². The third-order valence-electron chi connectivity index (χ3n) is 4.72. The van der Waals surface area contributed by atoms with Gasteiger partial charge in [-0.05, 0) is 38.0 Å². The lowest BCUT2D eigenvalue weighted by molar-refractivity contribution is -0.133. The number of carbonyl (C=O) groups excluding carboxylic acids is 2. The highest BCUT2D eigenvalue weighted by molar-refractivity contribution is 7.90. The Morgan fingerprint density at radius 1 is 1.25 bits per heavy atom. The summed E-state index contributed by atoms with van der Waals surface area (Å²) in [4.78, 5) is 25.9. The molecule has 3 unspecified atom stereocenters. The maximum atomic E-state index is 12.6. The van der Waals surface area contributed by atoms with Crippen LogP contribution in [0.15, 0.2) is 29.2 Å². The highest BCUT2D eigenvalue weighted by Crippen LogP contribution is 2.24. The van der Waals surface area contributed by atoms with Crippen molar-refractivity contribution >= 4 is 21.5 Å². The molecule has 1 heterocycles. The van der Waals surface area contributed by atoms with Crippen molar-refractivity contribution in [3.8, 4) is 0 Å². The maximum absolute atomic E-state index is 12.6. The van der Waals surface area contributed by atoms with Crippen LogP contribution in [0, 0.1) is 5.92 Å². The summed E-state index contributed by atoms with van der Waals surface area (Å²) in [6, 6.07) is 6.03. The standard InChI is InChI=1S/C17H24N2O4S/c1-11(13-5-7-15(8-6-13)24(4,22)23)19(3)17(21)16-9-14(10-18-16)12(2)20/h5-8,11,14,16,18H,9-10H2,1-4H3. The van der Waals surface area contributed by atoms with Crippen molar-refractivity contribution in [3.63, 3.8) is 0 Å². The highest BCUT2D eigenvalue weighted by atomic mass is 32.2. The van der Waals surface area contributed by atoms with Gasteiger partial charge >= 0.3 is 0 Å². The molecule has 0 bridgehead atoms. The Kier molecular flexibility index (Phi) is 5.45. The van der Waals surface area contributed by atoms with Gasteiger partial charge in [0.1, 0.15) is 5.78 Å². The van der Waals surface area contributed by atoms with Gasteiger partial charge in [0.25, 0.3) is 0 Å². The van der Waals surface area contributed by atoms with Crippen molar-refractivity contribution in [1.29, 1.82) is 0 Å². The van der Waals surface area contributed by atoms with Gasteiger partial charge < -0.3 is 10.2 Å². The largest absolute Gasteiger partial charge is 0.338 e. The molecule has 2 rings (SSSR count). The number of amides is 1. The number of hydrogen-bond donors (Lipinski definition) is 1. The van der Waals surface area contributed by atoms with E-state index in [1.165, 1.54) is 0 Å². The number of nitrogens with one attached hydrogen (secondary N) is 1. The second-order valence-electron chi connectivity index (χ2n) is 6.47. The van der Waals surface area contributed by atoms with E-state index in [1.807, 2.05) is 6.92 Å². The molecule has 0 aliphatic carbocycles. The van der Waals surface area contributed by atoms with Crippen LogP contribution in [0.5, 0.6) is 0 Å². The van der Waals surface area contributed by atoms with Crippen molar-refractivity contribution in [2.24, 2.45) is 5.92 Å². The molecule has 1 N–H and O–H groups in total. The normalized spacial score (nSPS) is 22.2. The van der Waals surface area contributed by atoms with Crippen LogP contribution in [0.25, 0.3) is 0 Å². The summed E-state index contributed by atoms with van der Waals surface area (Å²) in [7, 11) is -1.51. The van der Waals surface area contributed by atoms with Gasteiger partial charge in [0.05, 0.1) is 17.0 Å². The summed E-state index contributed by atoms with van der Waals surface area (Å²) in [6.07, 6.45) is 1.69. The smallest absolute Gasteiger partial charge is 0.239 e. The first-order chi connectivity index (χ1) is 11.1. The number of ketones is 1. The number of Topliss-reactive ketones (excluding diaryl/α,β-unsaturated/α-hetero) is 1. The fraction of sp³-hybridized carbons (Fsp3) is 0.529. The molecule has 1 aromatic rings. The Morgan fingerprint density at radius 2 is 1.83 bits per heavy atom. The van der Waals surface area contributed by atoms with Gasteiger partial charge in [-0.15, -0.1) is 0 Å². The molecule has 24 heavy (non-hydrogen) atoms. The minimum Gasteiger partial charge on any atom is -0.338 e. The predicted octanol–water partition coefficient (Wildman–Crippen LogP) is 1.18. The molecule has 1 aliphatic rings. The van der Waals surface area contributed by atoms with Crippen molar-refractivity contribution < 1.29 is 18.0 Å². The molecule has 7 heteroatoms. The third kappa shape index (κ3) is 4.02. The summed E-state index contributed by atoms with van der Waals surface area (Å²) < 4.78 is 23.0. The number of hydrogen-bond acceptors (Lipinski definition) is 5. The fourth-order valence-corrected chi connectivity index (χ4v) is 3.52. The molecule has 0 radical (unpaired) electrons. The summed E-state index contributed by atoms with van der Waals surface area (Å²) in [6.45, 7) is 3.98. The number of benzene rings is 1. The zero-order valence-corrected chi connectivity index (χ0v) is 15.3. The van der Waals surface area contributed by atoms with Crippen molar-refractivity contribution in [2.45, 2.75) is 37.2 Å². The number of likely N-dealkylation sites (N-methyl/N-ethyl adjacent to an activating group) is 1. The van der Waals surface area contributed by atoms with Gasteiger partial charge in [0, 0.05) is 25.8 Å². The van der Waals surface area contributed by atoms with Crippen LogP contribution in [0.4, 0.5) is 0 Å². The maximum Gasteiger partial charge on any atom is 0.239 e. The van der Waals surface area contributed by atoms with E-state index in [1.54, 1.807) is 43.1 Å². The van der Waals surface area contributed by atoms with Crippen molar-refractivity contribution in [3.05, 3.63) is 29.8 Å². The number of sulfone groups is 1. The molecule has 3 atom stereocenters.